The van der Waals surface area contributed by atoms with Crippen LogP contribution in [-0.2, 0) is 23.9 Å². The minimum atomic E-state index is -5.21. The highest BCUT2D eigenvalue weighted by atomic mass is 19.4. The highest BCUT2D eigenvalue weighted by molar-refractivity contribution is 5.91. The quantitative estimate of drug-likeness (QED) is 0.458. The van der Waals surface area contributed by atoms with Gasteiger partial charge in [0.05, 0.1) is 19.1 Å². The summed E-state index contributed by atoms with van der Waals surface area (Å²) in [5, 5.41) is 2.72. The van der Waals surface area contributed by atoms with E-state index in [0.29, 0.717) is 31.1 Å². The van der Waals surface area contributed by atoms with Crippen LogP contribution in [0.3, 0.4) is 0 Å². The lowest BCUT2D eigenvalue weighted by atomic mass is 10.1. The number of alkyl halides is 3. The Labute approximate surface area is 193 Å². The van der Waals surface area contributed by atoms with Gasteiger partial charge in [-0.25, -0.2) is 4.79 Å². The maximum atomic E-state index is 12.2. The summed E-state index contributed by atoms with van der Waals surface area (Å²) >= 11 is 0. The van der Waals surface area contributed by atoms with E-state index in [-0.39, 0.29) is 31.6 Å². The van der Waals surface area contributed by atoms with Crippen LogP contribution in [-0.4, -0.2) is 61.8 Å². The zero-order valence-corrected chi connectivity index (χ0v) is 18.0. The molecule has 0 radical (unpaired) electrons. The Kier molecular flexibility index (Phi) is 8.61. The van der Waals surface area contributed by atoms with E-state index in [0.717, 1.165) is 5.56 Å². The molecule has 1 aliphatic rings. The molecular formula is C23H23F3N2O6. The molecule has 1 aliphatic heterocycles. The third kappa shape index (κ3) is 7.85. The van der Waals surface area contributed by atoms with Crippen molar-refractivity contribution >= 4 is 23.5 Å². The van der Waals surface area contributed by atoms with Crippen molar-refractivity contribution in [3.8, 4) is 5.75 Å². The summed E-state index contributed by atoms with van der Waals surface area (Å²) in [4.78, 5) is 36.0. The fourth-order valence-corrected chi connectivity index (χ4v) is 3.22. The largest absolute Gasteiger partial charge is 0.491 e. The van der Waals surface area contributed by atoms with Crippen molar-refractivity contribution in [1.29, 1.82) is 0 Å². The highest BCUT2D eigenvalue weighted by Crippen LogP contribution is 2.25. The predicted octanol–water partition coefficient (Wildman–Crippen LogP) is 3.10. The zero-order valence-electron chi connectivity index (χ0n) is 18.0. The molecule has 11 heteroatoms. The third-order valence-electron chi connectivity index (χ3n) is 4.90. The standard InChI is InChI=1S/C23H23F3N2O6/c24-23(25,26)22(31)34-21(30)10-11-28-12-13-32-19(14-28)16-6-8-18(9-7-16)33-15-20(29)27-17-4-2-1-3-5-17/h1-9,19H,10-15H2,(H,27,29). The molecule has 0 spiro atoms. The number of ether oxygens (including phenoxy) is 3. The monoisotopic (exact) mass is 480 g/mol. The second-order valence-corrected chi connectivity index (χ2v) is 7.44. The summed E-state index contributed by atoms with van der Waals surface area (Å²) in [6.45, 7) is 1.21. The number of hydrogen-bond acceptors (Lipinski definition) is 7. The number of rotatable bonds is 8. The number of esters is 2. The number of nitrogens with one attached hydrogen (secondary N) is 1. The van der Waals surface area contributed by atoms with Crippen LogP contribution < -0.4 is 10.1 Å². The average molecular weight is 480 g/mol. The molecule has 8 nitrogen and oxygen atoms in total. The van der Waals surface area contributed by atoms with Crippen molar-refractivity contribution in [2.24, 2.45) is 0 Å². The van der Waals surface area contributed by atoms with Crippen molar-refractivity contribution < 1.29 is 41.8 Å². The first kappa shape index (κ1) is 25.2. The van der Waals surface area contributed by atoms with Crippen LogP contribution in [0.15, 0.2) is 54.6 Å². The van der Waals surface area contributed by atoms with Gasteiger partial charge >= 0.3 is 18.1 Å². The van der Waals surface area contributed by atoms with Crippen LogP contribution in [0.25, 0.3) is 0 Å². The van der Waals surface area contributed by atoms with Gasteiger partial charge in [0.1, 0.15) is 5.75 Å². The van der Waals surface area contributed by atoms with Crippen molar-refractivity contribution in [2.75, 3.05) is 38.2 Å². The van der Waals surface area contributed by atoms with Crippen molar-refractivity contribution in [2.45, 2.75) is 18.7 Å². The maximum Gasteiger partial charge on any atom is 0.491 e. The first-order chi connectivity index (χ1) is 16.2. The van der Waals surface area contributed by atoms with Crippen molar-refractivity contribution in [3.05, 3.63) is 60.2 Å². The Morgan fingerprint density at radius 3 is 2.44 bits per heavy atom. The normalized spacial score (nSPS) is 16.5. The van der Waals surface area contributed by atoms with E-state index in [1.54, 1.807) is 36.4 Å². The molecule has 2 aromatic carbocycles. The lowest BCUT2D eigenvalue weighted by molar-refractivity contribution is -0.202. The van der Waals surface area contributed by atoms with Crippen LogP contribution in [0.4, 0.5) is 18.9 Å². The summed E-state index contributed by atoms with van der Waals surface area (Å²) in [5.74, 6) is -3.55. The molecule has 182 valence electrons. The van der Waals surface area contributed by atoms with E-state index >= 15 is 0 Å². The van der Waals surface area contributed by atoms with Gasteiger partial charge in [-0.15, -0.1) is 0 Å². The molecule has 1 heterocycles. The minimum absolute atomic E-state index is 0.127. The van der Waals surface area contributed by atoms with E-state index in [9.17, 15) is 27.6 Å². The lowest BCUT2D eigenvalue weighted by Gasteiger charge is -2.33. The fraction of sp³-hybridized carbons (Fsp3) is 0.348. The van der Waals surface area contributed by atoms with Gasteiger partial charge in [-0.2, -0.15) is 13.2 Å². The number of carbonyl (C=O) groups is 3. The average Bonchev–Trinajstić information content (AvgIpc) is 2.82. The molecule has 0 aromatic heterocycles. The summed E-state index contributed by atoms with van der Waals surface area (Å²) in [7, 11) is 0. The Morgan fingerprint density at radius 1 is 1.06 bits per heavy atom. The van der Waals surface area contributed by atoms with Crippen LogP contribution in [0.5, 0.6) is 5.75 Å². The van der Waals surface area contributed by atoms with Gasteiger partial charge in [0.15, 0.2) is 6.61 Å². The van der Waals surface area contributed by atoms with E-state index in [2.05, 4.69) is 10.1 Å². The third-order valence-corrected chi connectivity index (χ3v) is 4.90. The molecule has 1 fully saturated rings. The van der Waals surface area contributed by atoms with Gasteiger partial charge in [-0.05, 0) is 29.8 Å². The molecule has 3 rings (SSSR count). The minimum Gasteiger partial charge on any atom is -0.484 e. The van der Waals surface area contributed by atoms with Gasteiger partial charge < -0.3 is 19.5 Å². The van der Waals surface area contributed by atoms with E-state index < -0.39 is 18.1 Å². The summed E-state index contributed by atoms with van der Waals surface area (Å²) in [6, 6.07) is 16.0. The smallest absolute Gasteiger partial charge is 0.484 e. The van der Waals surface area contributed by atoms with E-state index in [1.165, 1.54) is 0 Å². The van der Waals surface area contributed by atoms with Gasteiger partial charge in [0.25, 0.3) is 5.91 Å². The predicted molar refractivity (Wildman–Crippen MR) is 114 cm³/mol. The molecule has 0 saturated carbocycles. The second kappa shape index (κ2) is 11.6. The number of hydrogen-bond donors (Lipinski definition) is 1. The number of anilines is 1. The van der Waals surface area contributed by atoms with Crippen molar-refractivity contribution in [3.63, 3.8) is 0 Å². The molecular weight excluding hydrogens is 457 g/mol. The number of para-hydroxylation sites is 1. The topological polar surface area (TPSA) is 94.2 Å². The SMILES string of the molecule is O=C(COc1ccc(C2CN(CCC(=O)OC(=O)C(F)(F)F)CCO2)cc1)Nc1ccccc1. The Morgan fingerprint density at radius 2 is 1.76 bits per heavy atom. The molecule has 0 bridgehead atoms. The van der Waals surface area contributed by atoms with Gasteiger partial charge in [0.2, 0.25) is 0 Å². The molecule has 0 aliphatic carbocycles. The van der Waals surface area contributed by atoms with E-state index in [4.69, 9.17) is 9.47 Å². The summed E-state index contributed by atoms with van der Waals surface area (Å²) in [5.41, 5.74) is 1.51. The number of benzene rings is 2. The number of carbonyl (C=O) groups excluding carboxylic acids is 3. The molecule has 1 atom stereocenters. The first-order valence-electron chi connectivity index (χ1n) is 10.4. The van der Waals surface area contributed by atoms with Crippen LogP contribution in [0.1, 0.15) is 18.1 Å². The first-order valence-corrected chi connectivity index (χ1v) is 10.4. The van der Waals surface area contributed by atoms with Crippen LogP contribution in [0, 0.1) is 0 Å². The number of nitrogens with zero attached hydrogens (tertiary/aromatic N) is 1. The Balaban J connectivity index is 1.43. The number of morpholine rings is 1. The summed E-state index contributed by atoms with van der Waals surface area (Å²) in [6.07, 6.45) is -5.88. The van der Waals surface area contributed by atoms with Crippen molar-refractivity contribution in [1.82, 2.24) is 4.90 Å². The molecule has 1 amide bonds. The van der Waals surface area contributed by atoms with Crippen LogP contribution >= 0.6 is 0 Å². The number of amides is 1. The molecule has 1 N–H and O–H groups in total. The van der Waals surface area contributed by atoms with E-state index in [1.807, 2.05) is 23.1 Å². The molecule has 34 heavy (non-hydrogen) atoms. The van der Waals surface area contributed by atoms with Gasteiger partial charge in [0, 0.05) is 25.3 Å². The summed E-state index contributed by atoms with van der Waals surface area (Å²) < 4.78 is 51.5. The molecule has 1 saturated heterocycles. The van der Waals surface area contributed by atoms with Gasteiger partial charge in [-0.3, -0.25) is 14.5 Å². The zero-order chi connectivity index (χ0) is 24.6. The lowest BCUT2D eigenvalue weighted by Crippen LogP contribution is -2.39. The Bertz CT molecular complexity index is 982. The maximum absolute atomic E-state index is 12.2. The highest BCUT2D eigenvalue weighted by Gasteiger charge is 2.42. The molecule has 2 aromatic rings. The Hall–Kier alpha value is -3.44. The van der Waals surface area contributed by atoms with Gasteiger partial charge in [-0.1, -0.05) is 30.3 Å². The molecule has 1 unspecified atom stereocenters. The van der Waals surface area contributed by atoms with Crippen LogP contribution in [0.2, 0.25) is 0 Å². The number of halogens is 3. The second-order valence-electron chi connectivity index (χ2n) is 7.44. The fourth-order valence-electron chi connectivity index (χ4n) is 3.22.